The Morgan fingerprint density at radius 3 is 2.82 bits per heavy atom. The summed E-state index contributed by atoms with van der Waals surface area (Å²) in [6.07, 6.45) is 7.11. The lowest BCUT2D eigenvalue weighted by Gasteiger charge is -2.12. The van der Waals surface area contributed by atoms with Crippen LogP contribution in [0, 0.1) is 0 Å². The number of aromatic nitrogens is 4. The number of hydrogen-bond donors (Lipinski definition) is 1. The molecule has 0 fully saturated rings. The van der Waals surface area contributed by atoms with Crippen molar-refractivity contribution in [1.29, 1.82) is 0 Å². The number of aryl methyl sites for hydroxylation is 1. The monoisotopic (exact) mass is 493 g/mol. The second-order valence-electron chi connectivity index (χ2n) is 7.78. The normalized spacial score (nSPS) is 13.0. The van der Waals surface area contributed by atoms with Crippen LogP contribution >= 0.6 is 23.1 Å². The fraction of sp³-hybridized carbons (Fsp3) is 0.292. The van der Waals surface area contributed by atoms with Crippen LogP contribution in [0.2, 0.25) is 0 Å². The van der Waals surface area contributed by atoms with Gasteiger partial charge in [0.15, 0.2) is 5.65 Å². The maximum atomic E-state index is 12.9. The van der Waals surface area contributed by atoms with Gasteiger partial charge in [-0.3, -0.25) is 4.79 Å². The van der Waals surface area contributed by atoms with Crippen LogP contribution in [-0.4, -0.2) is 44.0 Å². The molecule has 1 aliphatic rings. The predicted octanol–water partition coefficient (Wildman–Crippen LogP) is 4.66. The van der Waals surface area contributed by atoms with E-state index in [-0.39, 0.29) is 17.6 Å². The second kappa shape index (κ2) is 9.94. The van der Waals surface area contributed by atoms with Crippen molar-refractivity contribution in [3.63, 3.8) is 0 Å². The molecule has 1 aromatic carbocycles. The highest BCUT2D eigenvalue weighted by molar-refractivity contribution is 8.00. The van der Waals surface area contributed by atoms with E-state index in [9.17, 15) is 9.59 Å². The first kappa shape index (κ1) is 22.5. The number of fused-ring (bicyclic) bond motifs is 2. The maximum absolute atomic E-state index is 12.9. The molecule has 3 heterocycles. The van der Waals surface area contributed by atoms with Gasteiger partial charge in [-0.05, 0) is 50.3 Å². The first-order valence-corrected chi connectivity index (χ1v) is 12.9. The van der Waals surface area contributed by atoms with Gasteiger partial charge in [0, 0.05) is 4.88 Å². The molecule has 34 heavy (non-hydrogen) atoms. The summed E-state index contributed by atoms with van der Waals surface area (Å²) in [5.41, 5.74) is 3.13. The van der Waals surface area contributed by atoms with Crippen molar-refractivity contribution < 1.29 is 14.3 Å². The molecule has 0 saturated heterocycles. The van der Waals surface area contributed by atoms with E-state index in [1.54, 1.807) is 17.8 Å². The minimum Gasteiger partial charge on any atom is -0.462 e. The van der Waals surface area contributed by atoms with E-state index in [2.05, 4.69) is 20.4 Å². The number of amides is 1. The predicted molar refractivity (Wildman–Crippen MR) is 133 cm³/mol. The Kier molecular flexibility index (Phi) is 6.59. The lowest BCUT2D eigenvalue weighted by Crippen LogP contribution is -2.17. The number of anilines is 1. The molecule has 3 aromatic heterocycles. The summed E-state index contributed by atoms with van der Waals surface area (Å²) in [5.74, 6) is -0.417. The lowest BCUT2D eigenvalue weighted by molar-refractivity contribution is -0.113. The first-order valence-electron chi connectivity index (χ1n) is 11.1. The molecule has 5 rings (SSSR count). The van der Waals surface area contributed by atoms with Gasteiger partial charge in [0.25, 0.3) is 0 Å². The minimum atomic E-state index is -0.365. The number of nitrogens with zero attached hydrogens (tertiary/aromatic N) is 4. The lowest BCUT2D eigenvalue weighted by atomic mass is 9.95. The number of benzene rings is 1. The van der Waals surface area contributed by atoms with E-state index < -0.39 is 0 Å². The number of esters is 1. The number of nitrogens with one attached hydrogen (secondary N) is 1. The molecule has 1 aliphatic carbocycles. The van der Waals surface area contributed by atoms with E-state index in [1.165, 1.54) is 34.3 Å². The number of para-hydroxylation sites is 1. The standard InChI is InChI=1S/C24H23N5O3S2/c1-2-32-24(31)20-16-10-6-7-11-18(16)34-23(20)28-19(30)13-33-22-17-12-27-29(21(17)25-14-26-22)15-8-4-3-5-9-15/h3-5,8-9,12,14H,2,6-7,10-11,13H2,1H3,(H,28,30). The molecule has 4 aromatic rings. The molecule has 0 radical (unpaired) electrons. The smallest absolute Gasteiger partial charge is 0.341 e. The zero-order valence-electron chi connectivity index (χ0n) is 18.6. The Morgan fingerprint density at radius 1 is 1.18 bits per heavy atom. The van der Waals surface area contributed by atoms with Gasteiger partial charge in [-0.25, -0.2) is 19.4 Å². The molecule has 0 spiro atoms. The zero-order valence-corrected chi connectivity index (χ0v) is 20.2. The number of thioether (sulfide) groups is 1. The number of rotatable bonds is 7. The molecule has 0 aliphatic heterocycles. The summed E-state index contributed by atoms with van der Waals surface area (Å²) in [4.78, 5) is 35.4. The van der Waals surface area contributed by atoms with Crippen LogP contribution in [0.15, 0.2) is 47.9 Å². The highest BCUT2D eigenvalue weighted by Gasteiger charge is 2.27. The van der Waals surface area contributed by atoms with Crippen molar-refractivity contribution >= 4 is 51.0 Å². The molecule has 174 valence electrons. The average molecular weight is 494 g/mol. The summed E-state index contributed by atoms with van der Waals surface area (Å²) in [6.45, 7) is 2.08. The SMILES string of the molecule is CCOC(=O)c1c(NC(=O)CSc2ncnc3c2cnn3-c2ccccc2)sc2c1CCCC2. The van der Waals surface area contributed by atoms with Gasteiger partial charge in [0.1, 0.15) is 16.4 Å². The van der Waals surface area contributed by atoms with Crippen molar-refractivity contribution in [3.05, 3.63) is 58.9 Å². The summed E-state index contributed by atoms with van der Waals surface area (Å²) in [6, 6.07) is 9.74. The topological polar surface area (TPSA) is 99.0 Å². The maximum Gasteiger partial charge on any atom is 0.341 e. The van der Waals surface area contributed by atoms with Gasteiger partial charge in [0.2, 0.25) is 5.91 Å². The quantitative estimate of drug-likeness (QED) is 0.227. The number of ether oxygens (including phenoxy) is 1. The van der Waals surface area contributed by atoms with Crippen LogP contribution in [0.1, 0.15) is 40.6 Å². The Balaban J connectivity index is 1.33. The summed E-state index contributed by atoms with van der Waals surface area (Å²) in [5, 5.41) is 9.45. The van der Waals surface area contributed by atoms with Gasteiger partial charge in [-0.15, -0.1) is 11.3 Å². The van der Waals surface area contributed by atoms with Crippen LogP contribution in [0.5, 0.6) is 0 Å². The summed E-state index contributed by atoms with van der Waals surface area (Å²) in [7, 11) is 0. The Hall–Kier alpha value is -3.24. The van der Waals surface area contributed by atoms with Crippen molar-refractivity contribution in [2.75, 3.05) is 17.7 Å². The number of thiophene rings is 1. The van der Waals surface area contributed by atoms with E-state index in [0.717, 1.165) is 42.3 Å². The van der Waals surface area contributed by atoms with Gasteiger partial charge >= 0.3 is 5.97 Å². The first-order chi connectivity index (χ1) is 16.7. The zero-order chi connectivity index (χ0) is 23.5. The van der Waals surface area contributed by atoms with Crippen LogP contribution in [0.4, 0.5) is 5.00 Å². The van der Waals surface area contributed by atoms with Crippen LogP contribution in [0.25, 0.3) is 16.7 Å². The molecular weight excluding hydrogens is 470 g/mol. The third-order valence-corrected chi connectivity index (χ3v) is 7.79. The third-order valence-electron chi connectivity index (χ3n) is 5.57. The number of carbonyl (C=O) groups excluding carboxylic acids is 2. The Bertz CT molecular complexity index is 1350. The summed E-state index contributed by atoms with van der Waals surface area (Å²) < 4.78 is 7.03. The molecule has 0 unspecified atom stereocenters. The second-order valence-corrected chi connectivity index (χ2v) is 9.85. The highest BCUT2D eigenvalue weighted by atomic mass is 32.2. The Labute approximate surface area is 204 Å². The number of hydrogen-bond acceptors (Lipinski definition) is 8. The molecule has 10 heteroatoms. The van der Waals surface area contributed by atoms with Gasteiger partial charge in [-0.2, -0.15) is 5.10 Å². The summed E-state index contributed by atoms with van der Waals surface area (Å²) >= 11 is 2.81. The van der Waals surface area contributed by atoms with Crippen molar-refractivity contribution in [1.82, 2.24) is 19.7 Å². The van der Waals surface area contributed by atoms with Crippen molar-refractivity contribution in [2.45, 2.75) is 37.6 Å². The van der Waals surface area contributed by atoms with Crippen LogP contribution < -0.4 is 5.32 Å². The van der Waals surface area contributed by atoms with Gasteiger partial charge < -0.3 is 10.1 Å². The van der Waals surface area contributed by atoms with Crippen LogP contribution in [-0.2, 0) is 22.4 Å². The van der Waals surface area contributed by atoms with Crippen molar-refractivity contribution in [3.8, 4) is 5.69 Å². The minimum absolute atomic E-state index is 0.146. The third kappa shape index (κ3) is 4.43. The highest BCUT2D eigenvalue weighted by Crippen LogP contribution is 2.38. The fourth-order valence-corrected chi connectivity index (χ4v) is 6.12. The molecule has 0 atom stereocenters. The molecule has 0 bridgehead atoms. The van der Waals surface area contributed by atoms with Crippen LogP contribution in [0.3, 0.4) is 0 Å². The van der Waals surface area contributed by atoms with Gasteiger partial charge in [-0.1, -0.05) is 30.0 Å². The molecular formula is C24H23N5O3S2. The van der Waals surface area contributed by atoms with E-state index >= 15 is 0 Å². The molecule has 8 nitrogen and oxygen atoms in total. The van der Waals surface area contributed by atoms with E-state index in [0.29, 0.717) is 27.8 Å². The van der Waals surface area contributed by atoms with E-state index in [1.807, 2.05) is 30.3 Å². The molecule has 0 saturated carbocycles. The number of carbonyl (C=O) groups is 2. The largest absolute Gasteiger partial charge is 0.462 e. The average Bonchev–Trinajstić information content (AvgIpc) is 3.45. The fourth-order valence-electron chi connectivity index (χ4n) is 4.07. The van der Waals surface area contributed by atoms with Gasteiger partial charge in [0.05, 0.1) is 35.2 Å². The molecule has 1 N–H and O–H groups in total. The van der Waals surface area contributed by atoms with Crippen molar-refractivity contribution in [2.24, 2.45) is 0 Å². The molecule has 1 amide bonds. The Morgan fingerprint density at radius 2 is 2.00 bits per heavy atom. The van der Waals surface area contributed by atoms with E-state index in [4.69, 9.17) is 4.74 Å².